The van der Waals surface area contributed by atoms with Crippen LogP contribution in [0.1, 0.15) is 36.2 Å². The van der Waals surface area contributed by atoms with Gasteiger partial charge in [0.1, 0.15) is 5.75 Å². The van der Waals surface area contributed by atoms with Crippen LogP contribution in [-0.2, 0) is 22.3 Å². The lowest BCUT2D eigenvalue weighted by atomic mass is 9.85. The number of amides is 2. The van der Waals surface area contributed by atoms with Gasteiger partial charge < -0.3 is 20.6 Å². The molecule has 1 aromatic heterocycles. The zero-order valence-corrected chi connectivity index (χ0v) is 19.9. The predicted molar refractivity (Wildman–Crippen MR) is 126 cm³/mol. The molecule has 2 aromatic carbocycles. The highest BCUT2D eigenvalue weighted by molar-refractivity contribution is 5.83. The number of phenolic OH excluding ortho intramolecular Hbond substituents is 1. The van der Waals surface area contributed by atoms with Crippen LogP contribution in [-0.4, -0.2) is 67.7 Å². The normalized spacial score (nSPS) is 18.0. The van der Waals surface area contributed by atoms with Crippen molar-refractivity contribution in [3.8, 4) is 11.4 Å². The highest BCUT2D eigenvalue weighted by Gasteiger charge is 2.38. The number of hydrogen-bond acceptors (Lipinski definition) is 7. The first-order chi connectivity index (χ1) is 17.6. The third-order valence-electron chi connectivity index (χ3n) is 6.27. The highest BCUT2D eigenvalue weighted by atomic mass is 19.4. The first kappa shape index (κ1) is 26.1. The van der Waals surface area contributed by atoms with Crippen molar-refractivity contribution >= 4 is 11.8 Å². The van der Waals surface area contributed by atoms with E-state index in [0.29, 0.717) is 29.8 Å². The molecule has 0 spiro atoms. The fourth-order valence-electron chi connectivity index (χ4n) is 4.40. The minimum Gasteiger partial charge on any atom is -0.508 e. The Morgan fingerprint density at radius 3 is 2.62 bits per heavy atom. The van der Waals surface area contributed by atoms with Crippen molar-refractivity contribution in [2.45, 2.75) is 38.0 Å². The molecule has 2 amide bonds. The molecule has 13 heteroatoms. The number of nitrogens with zero attached hydrogens (tertiary/aromatic N) is 5. The van der Waals surface area contributed by atoms with Gasteiger partial charge in [0.25, 0.3) is 5.82 Å². The van der Waals surface area contributed by atoms with E-state index in [0.717, 1.165) is 5.56 Å². The summed E-state index contributed by atoms with van der Waals surface area (Å²) in [6.07, 6.45) is -4.15. The Labute approximate surface area is 210 Å². The fourth-order valence-corrected chi connectivity index (χ4v) is 4.40. The van der Waals surface area contributed by atoms with Gasteiger partial charge in [-0.2, -0.15) is 17.9 Å². The van der Waals surface area contributed by atoms with Gasteiger partial charge in [-0.25, -0.2) is 0 Å². The molecule has 0 aliphatic carbocycles. The van der Waals surface area contributed by atoms with E-state index >= 15 is 0 Å². The second-order valence-electron chi connectivity index (χ2n) is 8.77. The monoisotopic (exact) mass is 517 g/mol. The van der Waals surface area contributed by atoms with Gasteiger partial charge in [-0.3, -0.25) is 9.59 Å². The average Bonchev–Trinajstić information content (AvgIpc) is 3.38. The summed E-state index contributed by atoms with van der Waals surface area (Å²) in [5, 5.41) is 26.0. The Morgan fingerprint density at radius 1 is 1.16 bits per heavy atom. The highest BCUT2D eigenvalue weighted by Crippen LogP contribution is 2.31. The number of carbonyl (C=O) groups excluding carboxylic acids is 2. The molecule has 1 aliphatic rings. The SMILES string of the molecule is CC(=O)NCC(=O)N1CCC(NCc2cc(-n3nnnc3C(F)(F)F)ccc2O)C(c2ccccc2)C1. The molecule has 0 bridgehead atoms. The summed E-state index contributed by atoms with van der Waals surface area (Å²) in [5.74, 6) is -1.90. The number of tetrazole rings is 1. The maximum absolute atomic E-state index is 13.2. The number of alkyl halides is 3. The quantitative estimate of drug-likeness (QED) is 0.438. The number of aromatic nitrogens is 4. The van der Waals surface area contributed by atoms with E-state index in [2.05, 4.69) is 26.2 Å². The third kappa shape index (κ3) is 6.23. The fraction of sp³-hybridized carbons (Fsp3) is 0.375. The van der Waals surface area contributed by atoms with E-state index in [9.17, 15) is 27.9 Å². The zero-order valence-electron chi connectivity index (χ0n) is 19.9. The zero-order chi connectivity index (χ0) is 26.6. The summed E-state index contributed by atoms with van der Waals surface area (Å²) in [6, 6.07) is 13.6. The molecule has 0 saturated carbocycles. The molecule has 1 aliphatic heterocycles. The Morgan fingerprint density at radius 2 is 1.92 bits per heavy atom. The van der Waals surface area contributed by atoms with E-state index in [4.69, 9.17) is 0 Å². The number of likely N-dealkylation sites (tertiary alicyclic amines) is 1. The summed E-state index contributed by atoms with van der Waals surface area (Å²) in [5.41, 5.74) is 1.44. The molecule has 2 atom stereocenters. The number of nitrogens with one attached hydrogen (secondary N) is 2. The molecule has 196 valence electrons. The van der Waals surface area contributed by atoms with Gasteiger partial charge in [-0.1, -0.05) is 30.3 Å². The number of aromatic hydroxyl groups is 1. The van der Waals surface area contributed by atoms with Crippen molar-refractivity contribution in [2.24, 2.45) is 0 Å². The third-order valence-corrected chi connectivity index (χ3v) is 6.27. The second kappa shape index (κ2) is 10.9. The van der Waals surface area contributed by atoms with Crippen LogP contribution in [0.25, 0.3) is 5.69 Å². The Balaban J connectivity index is 1.51. The maximum Gasteiger partial charge on any atom is 0.453 e. The number of rotatable bonds is 7. The largest absolute Gasteiger partial charge is 0.508 e. The summed E-state index contributed by atoms with van der Waals surface area (Å²) in [4.78, 5) is 25.5. The predicted octanol–water partition coefficient (Wildman–Crippen LogP) is 2.00. The summed E-state index contributed by atoms with van der Waals surface area (Å²) >= 11 is 0. The van der Waals surface area contributed by atoms with Gasteiger partial charge in [0.05, 0.1) is 12.2 Å². The van der Waals surface area contributed by atoms with Gasteiger partial charge >= 0.3 is 6.18 Å². The number of hydrogen-bond donors (Lipinski definition) is 3. The molecule has 3 aromatic rings. The standard InChI is InChI=1S/C24H26F3N7O3/c1-15(35)28-13-22(37)33-10-9-20(19(14-33)16-5-3-2-4-6-16)29-12-17-11-18(7-8-21(17)36)34-23(24(25,26)27)30-31-32-34/h2-8,11,19-20,29,36H,9-10,12-14H2,1H3,(H,28,35). The molecule has 1 saturated heterocycles. The first-order valence-corrected chi connectivity index (χ1v) is 11.6. The second-order valence-corrected chi connectivity index (χ2v) is 8.77. The van der Waals surface area contributed by atoms with Crippen LogP contribution in [0.4, 0.5) is 13.2 Å². The smallest absolute Gasteiger partial charge is 0.453 e. The number of carbonyl (C=O) groups is 2. The van der Waals surface area contributed by atoms with Crippen molar-refractivity contribution in [1.82, 2.24) is 35.7 Å². The van der Waals surface area contributed by atoms with Crippen molar-refractivity contribution in [1.29, 1.82) is 0 Å². The van der Waals surface area contributed by atoms with Gasteiger partial charge in [-0.15, -0.1) is 5.10 Å². The van der Waals surface area contributed by atoms with E-state index < -0.39 is 12.0 Å². The topological polar surface area (TPSA) is 125 Å². The van der Waals surface area contributed by atoms with Gasteiger partial charge in [-0.05, 0) is 40.6 Å². The molecule has 4 rings (SSSR count). The Bertz CT molecular complexity index is 1250. The molecule has 2 heterocycles. The minimum atomic E-state index is -4.74. The molecule has 3 N–H and O–H groups in total. The van der Waals surface area contributed by atoms with Crippen LogP contribution in [0.3, 0.4) is 0 Å². The molecule has 1 fully saturated rings. The number of benzene rings is 2. The van der Waals surface area contributed by atoms with E-state index in [1.807, 2.05) is 30.3 Å². The Hall–Kier alpha value is -4.00. The summed E-state index contributed by atoms with van der Waals surface area (Å²) < 4.78 is 40.3. The van der Waals surface area contributed by atoms with Crippen LogP contribution in [0.2, 0.25) is 0 Å². The van der Waals surface area contributed by atoms with Crippen molar-refractivity contribution in [2.75, 3.05) is 19.6 Å². The van der Waals surface area contributed by atoms with Crippen LogP contribution in [0.5, 0.6) is 5.75 Å². The lowest BCUT2D eigenvalue weighted by Gasteiger charge is -2.39. The van der Waals surface area contributed by atoms with Crippen LogP contribution >= 0.6 is 0 Å². The Kier molecular flexibility index (Phi) is 7.71. The van der Waals surface area contributed by atoms with E-state index in [1.165, 1.54) is 25.1 Å². The number of piperidine rings is 1. The molecular formula is C24H26F3N7O3. The van der Waals surface area contributed by atoms with Crippen molar-refractivity contribution in [3.05, 3.63) is 65.5 Å². The lowest BCUT2D eigenvalue weighted by molar-refractivity contribution is -0.146. The summed E-state index contributed by atoms with van der Waals surface area (Å²) in [7, 11) is 0. The first-order valence-electron chi connectivity index (χ1n) is 11.6. The number of halogens is 3. The van der Waals surface area contributed by atoms with Gasteiger partial charge in [0.15, 0.2) is 0 Å². The van der Waals surface area contributed by atoms with Crippen molar-refractivity contribution < 1.29 is 27.9 Å². The van der Waals surface area contributed by atoms with Crippen LogP contribution in [0.15, 0.2) is 48.5 Å². The molecule has 2 unspecified atom stereocenters. The average molecular weight is 518 g/mol. The van der Waals surface area contributed by atoms with E-state index in [1.54, 1.807) is 4.90 Å². The molecule has 37 heavy (non-hydrogen) atoms. The van der Waals surface area contributed by atoms with Crippen molar-refractivity contribution in [3.63, 3.8) is 0 Å². The van der Waals surface area contributed by atoms with Gasteiger partial charge in [0, 0.05) is 44.1 Å². The molecular weight excluding hydrogens is 491 g/mol. The lowest BCUT2D eigenvalue weighted by Crippen LogP contribution is -2.51. The van der Waals surface area contributed by atoms with E-state index in [-0.39, 0.29) is 48.3 Å². The molecule has 10 nitrogen and oxygen atoms in total. The number of phenols is 1. The van der Waals surface area contributed by atoms with Crippen LogP contribution < -0.4 is 10.6 Å². The summed E-state index contributed by atoms with van der Waals surface area (Å²) in [6.45, 7) is 2.32. The molecule has 0 radical (unpaired) electrons. The van der Waals surface area contributed by atoms with Gasteiger partial charge in [0.2, 0.25) is 11.8 Å². The minimum absolute atomic E-state index is 0.0601. The van der Waals surface area contributed by atoms with Crippen LogP contribution in [0, 0.1) is 0 Å². The maximum atomic E-state index is 13.2.